The first kappa shape index (κ1) is 24.1. The third kappa shape index (κ3) is 6.70. The van der Waals surface area contributed by atoms with Crippen molar-refractivity contribution in [3.63, 3.8) is 0 Å². The molecule has 1 saturated carbocycles. The first-order valence-corrected chi connectivity index (χ1v) is 12.5. The predicted molar refractivity (Wildman–Crippen MR) is 130 cm³/mol. The molecule has 0 spiro atoms. The van der Waals surface area contributed by atoms with E-state index in [4.69, 9.17) is 4.74 Å². The highest BCUT2D eigenvalue weighted by molar-refractivity contribution is 5.76. The van der Waals surface area contributed by atoms with Crippen LogP contribution >= 0.6 is 0 Å². The molecule has 1 aliphatic carbocycles. The van der Waals surface area contributed by atoms with E-state index in [-0.39, 0.29) is 11.9 Å². The van der Waals surface area contributed by atoms with Gasteiger partial charge in [0, 0.05) is 0 Å². The number of ether oxygens (including phenoxy) is 1. The monoisotopic (exact) mass is 431 g/mol. The number of nitrogens with zero attached hydrogens (tertiary/aromatic N) is 1. The Kier molecular flexibility index (Phi) is 9.35. The Morgan fingerprint density at radius 3 is 2.22 bits per heavy atom. The maximum Gasteiger partial charge on any atom is 0.314 e. The molecule has 0 saturated heterocycles. The van der Waals surface area contributed by atoms with E-state index in [1.807, 2.05) is 12.1 Å². The topological polar surface area (TPSA) is 50.1 Å². The second kappa shape index (κ2) is 12.4. The highest BCUT2D eigenvalue weighted by Crippen LogP contribution is 2.37. The second-order valence-electron chi connectivity index (χ2n) is 9.21. The summed E-state index contributed by atoms with van der Waals surface area (Å²) in [6.45, 7) is 4.39. The van der Waals surface area contributed by atoms with E-state index in [1.54, 1.807) is 6.07 Å². The number of carbonyl (C=O) groups is 1. The molecule has 0 aromatic heterocycles. The molecule has 0 amide bonds. The summed E-state index contributed by atoms with van der Waals surface area (Å²) in [4.78, 5) is 12.8. The average molecular weight is 432 g/mol. The van der Waals surface area contributed by atoms with Crippen LogP contribution in [0.1, 0.15) is 99.8 Å². The number of hydrogen-bond acceptors (Lipinski definition) is 3. The number of esters is 1. The second-order valence-corrected chi connectivity index (χ2v) is 9.21. The molecule has 0 heterocycles. The molecular formula is C29H37NO2. The Labute approximate surface area is 193 Å². The first-order chi connectivity index (χ1) is 15.6. The highest BCUT2D eigenvalue weighted by atomic mass is 16.5. The molecule has 0 radical (unpaired) electrons. The fraction of sp³-hybridized carbons (Fsp3) is 0.517. The molecule has 0 atom stereocenters. The normalized spacial score (nSPS) is 18.2. The van der Waals surface area contributed by atoms with Crippen molar-refractivity contribution in [3.8, 4) is 11.8 Å². The van der Waals surface area contributed by atoms with Crippen LogP contribution in [0.2, 0.25) is 0 Å². The van der Waals surface area contributed by atoms with Gasteiger partial charge in [0.1, 0.15) is 11.8 Å². The fourth-order valence-electron chi connectivity index (χ4n) is 4.68. The minimum absolute atomic E-state index is 0.0779. The van der Waals surface area contributed by atoms with Gasteiger partial charge in [0.25, 0.3) is 0 Å². The predicted octanol–water partition coefficient (Wildman–Crippen LogP) is 7.51. The molecular weight excluding hydrogens is 394 g/mol. The zero-order valence-corrected chi connectivity index (χ0v) is 19.7. The van der Waals surface area contributed by atoms with E-state index < -0.39 is 0 Å². The summed E-state index contributed by atoms with van der Waals surface area (Å²) in [5.41, 5.74) is 4.40. The Morgan fingerprint density at radius 1 is 0.906 bits per heavy atom. The van der Waals surface area contributed by atoms with Crippen molar-refractivity contribution in [1.82, 2.24) is 0 Å². The van der Waals surface area contributed by atoms with Crippen LogP contribution in [0.3, 0.4) is 0 Å². The van der Waals surface area contributed by atoms with Gasteiger partial charge < -0.3 is 4.74 Å². The van der Waals surface area contributed by atoms with Crippen LogP contribution in [-0.2, 0) is 17.6 Å². The quantitative estimate of drug-likeness (QED) is 0.222. The molecule has 0 bridgehead atoms. The maximum atomic E-state index is 12.8. The zero-order chi connectivity index (χ0) is 22.8. The standard InChI is InChI=1S/C29H37NO2/c1-3-5-7-9-22-10-13-24(14-11-22)25-15-17-26(18-16-25)29(31)32-28-19-12-23(8-6-4-2)20-27(28)21-30/h10-14,19-20,25-26H,3-9,15-18H2,1-2H3. The summed E-state index contributed by atoms with van der Waals surface area (Å²) in [6.07, 6.45) is 11.8. The highest BCUT2D eigenvalue weighted by Gasteiger charge is 2.29. The zero-order valence-electron chi connectivity index (χ0n) is 19.7. The lowest BCUT2D eigenvalue weighted by Gasteiger charge is -2.27. The van der Waals surface area contributed by atoms with Crippen LogP contribution in [0.25, 0.3) is 0 Å². The number of nitriles is 1. The van der Waals surface area contributed by atoms with Crippen molar-refractivity contribution in [3.05, 3.63) is 64.7 Å². The fourth-order valence-corrected chi connectivity index (χ4v) is 4.68. The molecule has 1 fully saturated rings. The smallest absolute Gasteiger partial charge is 0.314 e. The third-order valence-corrected chi connectivity index (χ3v) is 6.77. The molecule has 3 rings (SSSR count). The van der Waals surface area contributed by atoms with Crippen LogP contribution in [0.4, 0.5) is 0 Å². The minimum Gasteiger partial charge on any atom is -0.425 e. The number of aryl methyl sites for hydroxylation is 2. The van der Waals surface area contributed by atoms with Gasteiger partial charge in [-0.3, -0.25) is 4.79 Å². The number of rotatable bonds is 10. The largest absolute Gasteiger partial charge is 0.425 e. The Balaban J connectivity index is 1.52. The Bertz CT molecular complexity index is 902. The Hall–Kier alpha value is -2.60. The van der Waals surface area contributed by atoms with E-state index in [0.29, 0.717) is 17.2 Å². The van der Waals surface area contributed by atoms with Gasteiger partial charge in [-0.05, 0) is 86.1 Å². The molecule has 2 aromatic rings. The number of unbranched alkanes of at least 4 members (excludes halogenated alkanes) is 3. The van der Waals surface area contributed by atoms with E-state index in [2.05, 4.69) is 44.2 Å². The molecule has 0 unspecified atom stereocenters. The van der Waals surface area contributed by atoms with Crippen LogP contribution in [0.5, 0.6) is 5.75 Å². The van der Waals surface area contributed by atoms with Crippen LogP contribution in [-0.4, -0.2) is 5.97 Å². The molecule has 2 aromatic carbocycles. The van der Waals surface area contributed by atoms with Crippen molar-refractivity contribution in [2.75, 3.05) is 0 Å². The number of benzene rings is 2. The van der Waals surface area contributed by atoms with Gasteiger partial charge in [-0.1, -0.05) is 63.4 Å². The average Bonchev–Trinajstić information content (AvgIpc) is 2.84. The maximum absolute atomic E-state index is 12.8. The summed E-state index contributed by atoms with van der Waals surface area (Å²) in [5.74, 6) is 0.660. The van der Waals surface area contributed by atoms with Gasteiger partial charge >= 0.3 is 5.97 Å². The molecule has 32 heavy (non-hydrogen) atoms. The summed E-state index contributed by atoms with van der Waals surface area (Å²) < 4.78 is 5.68. The summed E-state index contributed by atoms with van der Waals surface area (Å²) in [7, 11) is 0. The third-order valence-electron chi connectivity index (χ3n) is 6.77. The molecule has 3 nitrogen and oxygen atoms in total. The minimum atomic E-state index is -0.187. The van der Waals surface area contributed by atoms with Gasteiger partial charge in [-0.2, -0.15) is 5.26 Å². The van der Waals surface area contributed by atoms with E-state index >= 15 is 0 Å². The van der Waals surface area contributed by atoms with Crippen molar-refractivity contribution in [1.29, 1.82) is 5.26 Å². The van der Waals surface area contributed by atoms with Gasteiger partial charge in [0.15, 0.2) is 0 Å². The number of hydrogen-bond donors (Lipinski definition) is 0. The van der Waals surface area contributed by atoms with Crippen molar-refractivity contribution in [2.24, 2.45) is 5.92 Å². The van der Waals surface area contributed by atoms with E-state index in [0.717, 1.165) is 56.9 Å². The first-order valence-electron chi connectivity index (χ1n) is 12.5. The van der Waals surface area contributed by atoms with Crippen molar-refractivity contribution in [2.45, 2.75) is 90.4 Å². The summed E-state index contributed by atoms with van der Waals surface area (Å²) >= 11 is 0. The van der Waals surface area contributed by atoms with Crippen molar-refractivity contribution < 1.29 is 9.53 Å². The summed E-state index contributed by atoms with van der Waals surface area (Å²) in [6, 6.07) is 16.9. The molecule has 170 valence electrons. The Morgan fingerprint density at radius 2 is 1.56 bits per heavy atom. The molecule has 1 aliphatic rings. The van der Waals surface area contributed by atoms with Crippen molar-refractivity contribution >= 4 is 5.97 Å². The van der Waals surface area contributed by atoms with Crippen LogP contribution in [0.15, 0.2) is 42.5 Å². The molecule has 3 heteroatoms. The lowest BCUT2D eigenvalue weighted by molar-refractivity contribution is -0.140. The van der Waals surface area contributed by atoms with Crippen LogP contribution < -0.4 is 4.74 Å². The van der Waals surface area contributed by atoms with E-state index in [9.17, 15) is 10.1 Å². The van der Waals surface area contributed by atoms with Gasteiger partial charge in [-0.25, -0.2) is 0 Å². The van der Waals surface area contributed by atoms with Crippen LogP contribution in [0, 0.1) is 17.2 Å². The number of carbonyl (C=O) groups excluding carboxylic acids is 1. The van der Waals surface area contributed by atoms with Gasteiger partial charge in [0.2, 0.25) is 0 Å². The van der Waals surface area contributed by atoms with Gasteiger partial charge in [0.05, 0.1) is 11.5 Å². The SMILES string of the molecule is CCCCCc1ccc(C2CCC(C(=O)Oc3ccc(CCCC)cc3C#N)CC2)cc1. The lowest BCUT2D eigenvalue weighted by atomic mass is 9.78. The lowest BCUT2D eigenvalue weighted by Crippen LogP contribution is -2.25. The van der Waals surface area contributed by atoms with Gasteiger partial charge in [-0.15, -0.1) is 0 Å². The van der Waals surface area contributed by atoms with E-state index in [1.165, 1.54) is 30.4 Å². The molecule has 0 aliphatic heterocycles. The summed E-state index contributed by atoms with van der Waals surface area (Å²) in [5, 5.41) is 9.49. The molecule has 0 N–H and O–H groups in total.